The minimum Gasteiger partial charge on any atom is -0.354 e. The fourth-order valence-corrected chi connectivity index (χ4v) is 2.54. The van der Waals surface area contributed by atoms with E-state index in [1.807, 2.05) is 31.2 Å². The first kappa shape index (κ1) is 19.9. The Morgan fingerprint density at radius 3 is 2.24 bits per heavy atom. The van der Waals surface area contributed by atoms with Crippen LogP contribution in [0.2, 0.25) is 0 Å². The normalized spacial score (nSPS) is 12.7. The molecule has 0 aromatic heterocycles. The topological polar surface area (TPSA) is 55.1 Å². The molecule has 1 amide bonds. The van der Waals surface area contributed by atoms with E-state index in [1.54, 1.807) is 0 Å². The molecular formula is C17H29ClN2O. The summed E-state index contributed by atoms with van der Waals surface area (Å²) >= 11 is 0. The van der Waals surface area contributed by atoms with Crippen LogP contribution in [0.1, 0.15) is 51.3 Å². The first-order valence-electron chi connectivity index (χ1n) is 7.31. The lowest BCUT2D eigenvalue weighted by Crippen LogP contribution is -2.40. The van der Waals surface area contributed by atoms with E-state index in [4.69, 9.17) is 5.73 Å². The molecule has 3 N–H and O–H groups in total. The average Bonchev–Trinajstić information content (AvgIpc) is 2.34. The lowest BCUT2D eigenvalue weighted by molar-refractivity contribution is -0.123. The molecule has 4 heteroatoms. The van der Waals surface area contributed by atoms with Crippen LogP contribution in [0.15, 0.2) is 24.3 Å². The van der Waals surface area contributed by atoms with Crippen LogP contribution in [-0.4, -0.2) is 12.5 Å². The van der Waals surface area contributed by atoms with E-state index in [-0.39, 0.29) is 23.7 Å². The minimum atomic E-state index is -0.592. The number of halogens is 1. The van der Waals surface area contributed by atoms with Crippen LogP contribution in [-0.2, 0) is 4.79 Å². The summed E-state index contributed by atoms with van der Waals surface area (Å²) in [6, 6.07) is 7.19. The molecule has 0 aliphatic rings. The van der Waals surface area contributed by atoms with Gasteiger partial charge in [-0.05, 0) is 30.2 Å². The molecule has 0 saturated heterocycles. The van der Waals surface area contributed by atoms with Gasteiger partial charge in [0.2, 0.25) is 5.91 Å². The van der Waals surface area contributed by atoms with E-state index in [0.717, 1.165) is 12.0 Å². The Labute approximate surface area is 135 Å². The second-order valence-corrected chi connectivity index (χ2v) is 6.87. The fourth-order valence-electron chi connectivity index (χ4n) is 2.54. The Hall–Kier alpha value is -1.06. The molecule has 0 bridgehead atoms. The molecular weight excluding hydrogens is 284 g/mol. The summed E-state index contributed by atoms with van der Waals surface area (Å²) in [5.41, 5.74) is 8.12. The molecule has 0 radical (unpaired) electrons. The number of nitrogens with one attached hydrogen (secondary N) is 1. The van der Waals surface area contributed by atoms with Crippen LogP contribution in [0, 0.1) is 18.3 Å². The highest BCUT2D eigenvalue weighted by molar-refractivity contribution is 5.85. The maximum atomic E-state index is 12.1. The molecule has 21 heavy (non-hydrogen) atoms. The Kier molecular flexibility index (Phi) is 7.98. The summed E-state index contributed by atoms with van der Waals surface area (Å²) in [5.74, 6) is 0.512. The van der Waals surface area contributed by atoms with Crippen LogP contribution in [0.25, 0.3) is 0 Å². The Morgan fingerprint density at radius 1 is 1.24 bits per heavy atom. The number of nitrogens with two attached hydrogens (primary N) is 1. The molecule has 1 aromatic rings. The van der Waals surface area contributed by atoms with Gasteiger partial charge in [0.1, 0.15) is 6.04 Å². The third-order valence-electron chi connectivity index (χ3n) is 3.42. The van der Waals surface area contributed by atoms with Gasteiger partial charge in [-0.2, -0.15) is 0 Å². The van der Waals surface area contributed by atoms with E-state index in [9.17, 15) is 4.79 Å². The molecule has 0 saturated carbocycles. The summed E-state index contributed by atoms with van der Waals surface area (Å²) in [6.07, 6.45) is 1.08. The van der Waals surface area contributed by atoms with Gasteiger partial charge in [-0.3, -0.25) is 4.79 Å². The minimum absolute atomic E-state index is 0. The highest BCUT2D eigenvalue weighted by Gasteiger charge is 2.22. The van der Waals surface area contributed by atoms with Gasteiger partial charge in [0.25, 0.3) is 0 Å². The third kappa shape index (κ3) is 6.96. The zero-order valence-corrected chi connectivity index (χ0v) is 14.6. The summed E-state index contributed by atoms with van der Waals surface area (Å²) in [4.78, 5) is 12.1. The van der Waals surface area contributed by atoms with Gasteiger partial charge in [0.15, 0.2) is 0 Å². The van der Waals surface area contributed by atoms with Crippen LogP contribution >= 0.6 is 12.4 Å². The van der Waals surface area contributed by atoms with Crippen LogP contribution in [0.4, 0.5) is 0 Å². The number of rotatable bonds is 6. The maximum absolute atomic E-state index is 12.1. The van der Waals surface area contributed by atoms with Gasteiger partial charge in [0, 0.05) is 6.54 Å². The SMILES string of the molecule is Cc1ccc(C(N)C(=O)NCC(C)(C)CC(C)C)cc1.Cl. The lowest BCUT2D eigenvalue weighted by Gasteiger charge is -2.27. The van der Waals surface area contributed by atoms with Crippen molar-refractivity contribution in [3.63, 3.8) is 0 Å². The van der Waals surface area contributed by atoms with Crippen molar-refractivity contribution in [3.05, 3.63) is 35.4 Å². The maximum Gasteiger partial charge on any atom is 0.241 e. The van der Waals surface area contributed by atoms with E-state index in [0.29, 0.717) is 12.5 Å². The Balaban J connectivity index is 0.00000400. The summed E-state index contributed by atoms with van der Waals surface area (Å²) in [7, 11) is 0. The number of amides is 1. The van der Waals surface area contributed by atoms with E-state index in [1.165, 1.54) is 5.56 Å². The summed E-state index contributed by atoms with van der Waals surface area (Å²) in [5, 5.41) is 2.98. The van der Waals surface area contributed by atoms with Crippen molar-refractivity contribution >= 4 is 18.3 Å². The number of hydrogen-bond donors (Lipinski definition) is 2. The standard InChI is InChI=1S/C17H28N2O.ClH/c1-12(2)10-17(4,5)11-19-16(20)15(18)14-8-6-13(3)7-9-14;/h6-9,12,15H,10-11,18H2,1-5H3,(H,19,20);1H. The van der Waals surface area contributed by atoms with Gasteiger partial charge in [-0.15, -0.1) is 12.4 Å². The molecule has 1 atom stereocenters. The van der Waals surface area contributed by atoms with Crippen molar-refractivity contribution in [2.24, 2.45) is 17.1 Å². The number of hydrogen-bond acceptors (Lipinski definition) is 2. The predicted octanol–water partition coefficient (Wildman–Crippen LogP) is 3.61. The van der Waals surface area contributed by atoms with Gasteiger partial charge >= 0.3 is 0 Å². The summed E-state index contributed by atoms with van der Waals surface area (Å²) in [6.45, 7) is 11.4. The monoisotopic (exact) mass is 312 g/mol. The quantitative estimate of drug-likeness (QED) is 0.843. The second-order valence-electron chi connectivity index (χ2n) is 6.87. The number of carbonyl (C=O) groups excluding carboxylic acids is 1. The first-order valence-corrected chi connectivity index (χ1v) is 7.31. The largest absolute Gasteiger partial charge is 0.354 e. The zero-order chi connectivity index (χ0) is 15.3. The van der Waals surface area contributed by atoms with Gasteiger partial charge in [-0.1, -0.05) is 57.5 Å². The Morgan fingerprint density at radius 2 is 1.76 bits per heavy atom. The number of benzene rings is 1. The molecule has 0 fully saturated rings. The van der Waals surface area contributed by atoms with E-state index < -0.39 is 6.04 Å². The molecule has 120 valence electrons. The van der Waals surface area contributed by atoms with E-state index >= 15 is 0 Å². The van der Waals surface area contributed by atoms with Crippen LogP contribution in [0.5, 0.6) is 0 Å². The van der Waals surface area contributed by atoms with Crippen molar-refractivity contribution in [1.82, 2.24) is 5.32 Å². The van der Waals surface area contributed by atoms with Gasteiger partial charge in [-0.25, -0.2) is 0 Å². The molecule has 1 rings (SSSR count). The van der Waals surface area contributed by atoms with Gasteiger partial charge in [0.05, 0.1) is 0 Å². The average molecular weight is 313 g/mol. The smallest absolute Gasteiger partial charge is 0.241 e. The molecule has 3 nitrogen and oxygen atoms in total. The zero-order valence-electron chi connectivity index (χ0n) is 13.8. The second kappa shape index (κ2) is 8.40. The Bertz CT molecular complexity index is 441. The predicted molar refractivity (Wildman–Crippen MR) is 91.6 cm³/mol. The number of carbonyl (C=O) groups is 1. The van der Waals surface area contributed by atoms with Crippen molar-refractivity contribution < 1.29 is 4.79 Å². The molecule has 1 aromatic carbocycles. The highest BCUT2D eigenvalue weighted by Crippen LogP contribution is 2.24. The van der Waals surface area contributed by atoms with Crippen LogP contribution < -0.4 is 11.1 Å². The molecule has 0 aliphatic carbocycles. The molecule has 0 heterocycles. The summed E-state index contributed by atoms with van der Waals surface area (Å²) < 4.78 is 0. The highest BCUT2D eigenvalue weighted by atomic mass is 35.5. The lowest BCUT2D eigenvalue weighted by atomic mass is 9.84. The van der Waals surface area contributed by atoms with E-state index in [2.05, 4.69) is 33.0 Å². The van der Waals surface area contributed by atoms with Crippen molar-refractivity contribution in [2.75, 3.05) is 6.54 Å². The first-order chi connectivity index (χ1) is 9.21. The van der Waals surface area contributed by atoms with Crippen LogP contribution in [0.3, 0.4) is 0 Å². The van der Waals surface area contributed by atoms with Crippen molar-refractivity contribution in [3.8, 4) is 0 Å². The third-order valence-corrected chi connectivity index (χ3v) is 3.42. The molecule has 1 unspecified atom stereocenters. The number of aryl methyl sites for hydroxylation is 1. The fraction of sp³-hybridized carbons (Fsp3) is 0.588. The van der Waals surface area contributed by atoms with Crippen molar-refractivity contribution in [2.45, 2.75) is 47.1 Å². The van der Waals surface area contributed by atoms with Gasteiger partial charge < -0.3 is 11.1 Å². The molecule has 0 spiro atoms. The molecule has 0 aliphatic heterocycles. The van der Waals surface area contributed by atoms with Crippen molar-refractivity contribution in [1.29, 1.82) is 0 Å².